The van der Waals surface area contributed by atoms with E-state index in [2.05, 4.69) is 15.9 Å². The number of methoxy groups -OCH3 is 1. The van der Waals surface area contributed by atoms with Crippen molar-refractivity contribution < 1.29 is 13.9 Å². The van der Waals surface area contributed by atoms with E-state index in [1.807, 2.05) is 0 Å². The van der Waals surface area contributed by atoms with Crippen LogP contribution in [-0.2, 0) is 6.42 Å². The maximum Gasteiger partial charge on any atom is 0.170 e. The molecule has 0 bridgehead atoms. The SMILES string of the molecule is COc1ccc(CC(=O)c2ccc(Br)c(Cl)c2F)cc1. The summed E-state index contributed by atoms with van der Waals surface area (Å²) in [7, 11) is 1.57. The average Bonchev–Trinajstić information content (AvgIpc) is 2.45. The second-order valence-electron chi connectivity index (χ2n) is 4.17. The molecule has 0 atom stereocenters. The minimum atomic E-state index is -0.695. The first kappa shape index (κ1) is 15.0. The highest BCUT2D eigenvalue weighted by atomic mass is 79.9. The Hall–Kier alpha value is -1.39. The highest BCUT2D eigenvalue weighted by Gasteiger charge is 2.16. The van der Waals surface area contributed by atoms with Crippen molar-refractivity contribution in [3.8, 4) is 5.75 Å². The van der Waals surface area contributed by atoms with Gasteiger partial charge in [0.15, 0.2) is 11.6 Å². The molecule has 20 heavy (non-hydrogen) atoms. The molecule has 0 N–H and O–H groups in total. The maximum atomic E-state index is 13.9. The molecule has 104 valence electrons. The van der Waals surface area contributed by atoms with Gasteiger partial charge in [0, 0.05) is 10.9 Å². The number of ether oxygens (including phenoxy) is 1. The van der Waals surface area contributed by atoms with Crippen LogP contribution in [0.2, 0.25) is 5.02 Å². The fraction of sp³-hybridized carbons (Fsp3) is 0.133. The monoisotopic (exact) mass is 356 g/mol. The number of rotatable bonds is 4. The highest BCUT2D eigenvalue weighted by Crippen LogP contribution is 2.28. The largest absolute Gasteiger partial charge is 0.497 e. The first-order valence-corrected chi connectivity index (χ1v) is 6.99. The third-order valence-electron chi connectivity index (χ3n) is 2.86. The fourth-order valence-corrected chi connectivity index (χ4v) is 2.24. The van der Waals surface area contributed by atoms with Crippen LogP contribution in [0.15, 0.2) is 40.9 Å². The molecule has 0 saturated heterocycles. The van der Waals surface area contributed by atoms with Crippen LogP contribution < -0.4 is 4.74 Å². The van der Waals surface area contributed by atoms with E-state index in [1.54, 1.807) is 37.4 Å². The molecule has 2 aromatic rings. The van der Waals surface area contributed by atoms with E-state index in [0.717, 1.165) is 5.56 Å². The average molecular weight is 358 g/mol. The van der Waals surface area contributed by atoms with Crippen molar-refractivity contribution in [3.05, 3.63) is 62.8 Å². The summed E-state index contributed by atoms with van der Waals surface area (Å²) in [6, 6.07) is 10.1. The molecule has 0 spiro atoms. The predicted octanol–water partition coefficient (Wildman–Crippen LogP) is 4.68. The summed E-state index contributed by atoms with van der Waals surface area (Å²) in [5.41, 5.74) is 0.781. The van der Waals surface area contributed by atoms with Crippen LogP contribution in [0, 0.1) is 5.82 Å². The van der Waals surface area contributed by atoms with Gasteiger partial charge in [-0.15, -0.1) is 0 Å². The Kier molecular flexibility index (Phi) is 4.78. The summed E-state index contributed by atoms with van der Waals surface area (Å²) >= 11 is 8.89. The lowest BCUT2D eigenvalue weighted by Crippen LogP contribution is -2.06. The van der Waals surface area contributed by atoms with Crippen LogP contribution in [-0.4, -0.2) is 12.9 Å². The molecule has 2 rings (SSSR count). The number of hydrogen-bond acceptors (Lipinski definition) is 2. The number of ketones is 1. The first-order valence-electron chi connectivity index (χ1n) is 5.82. The van der Waals surface area contributed by atoms with E-state index >= 15 is 0 Å². The Balaban J connectivity index is 2.21. The lowest BCUT2D eigenvalue weighted by molar-refractivity contribution is 0.0989. The first-order chi connectivity index (χ1) is 9.52. The van der Waals surface area contributed by atoms with Gasteiger partial charge in [0.25, 0.3) is 0 Å². The number of hydrogen-bond donors (Lipinski definition) is 0. The highest BCUT2D eigenvalue weighted by molar-refractivity contribution is 9.10. The molecule has 0 unspecified atom stereocenters. The lowest BCUT2D eigenvalue weighted by atomic mass is 10.0. The standard InChI is InChI=1S/C15H11BrClFO2/c1-20-10-4-2-9(3-5-10)8-13(19)11-6-7-12(16)14(17)15(11)18/h2-7H,8H2,1H3. The second-order valence-corrected chi connectivity index (χ2v) is 5.40. The third-order valence-corrected chi connectivity index (χ3v) is 4.12. The molecule has 0 aliphatic rings. The van der Waals surface area contributed by atoms with Crippen LogP contribution in [0.1, 0.15) is 15.9 Å². The van der Waals surface area contributed by atoms with E-state index in [4.69, 9.17) is 16.3 Å². The van der Waals surface area contributed by atoms with Gasteiger partial charge in [-0.1, -0.05) is 23.7 Å². The summed E-state index contributed by atoms with van der Waals surface area (Å²) in [5.74, 6) is -0.305. The van der Waals surface area contributed by atoms with Crippen LogP contribution in [0.3, 0.4) is 0 Å². The summed E-state index contributed by atoms with van der Waals surface area (Å²) in [4.78, 5) is 12.1. The molecule has 0 amide bonds. The molecule has 2 aromatic carbocycles. The zero-order chi connectivity index (χ0) is 14.7. The van der Waals surface area contributed by atoms with Gasteiger partial charge in [0.05, 0.1) is 17.7 Å². The Labute approximate surface area is 129 Å². The van der Waals surface area contributed by atoms with Crippen molar-refractivity contribution in [1.82, 2.24) is 0 Å². The molecule has 0 aliphatic heterocycles. The van der Waals surface area contributed by atoms with Crippen molar-refractivity contribution in [3.63, 3.8) is 0 Å². The van der Waals surface area contributed by atoms with Gasteiger partial charge in [0.1, 0.15) is 5.75 Å². The molecule has 0 aliphatic carbocycles. The van der Waals surface area contributed by atoms with E-state index in [-0.39, 0.29) is 22.8 Å². The van der Waals surface area contributed by atoms with E-state index in [1.165, 1.54) is 6.07 Å². The second kappa shape index (κ2) is 6.37. The van der Waals surface area contributed by atoms with Gasteiger partial charge in [-0.25, -0.2) is 4.39 Å². The van der Waals surface area contributed by atoms with Crippen LogP contribution in [0.25, 0.3) is 0 Å². The quantitative estimate of drug-likeness (QED) is 0.587. The van der Waals surface area contributed by atoms with Gasteiger partial charge < -0.3 is 4.74 Å². The van der Waals surface area contributed by atoms with E-state index < -0.39 is 5.82 Å². The van der Waals surface area contributed by atoms with Crippen molar-refractivity contribution >= 4 is 33.3 Å². The molecule has 0 aromatic heterocycles. The molecule has 2 nitrogen and oxygen atoms in total. The lowest BCUT2D eigenvalue weighted by Gasteiger charge is -2.06. The van der Waals surface area contributed by atoms with Gasteiger partial charge in [-0.05, 0) is 45.8 Å². The summed E-state index contributed by atoms with van der Waals surface area (Å²) in [6.07, 6.45) is 0.110. The van der Waals surface area contributed by atoms with Gasteiger partial charge in [-0.3, -0.25) is 4.79 Å². The van der Waals surface area contributed by atoms with Crippen molar-refractivity contribution in [1.29, 1.82) is 0 Å². The van der Waals surface area contributed by atoms with E-state index in [9.17, 15) is 9.18 Å². The Morgan fingerprint density at radius 3 is 2.50 bits per heavy atom. The number of carbonyl (C=O) groups is 1. The van der Waals surface area contributed by atoms with Crippen LogP contribution in [0.4, 0.5) is 4.39 Å². The van der Waals surface area contributed by atoms with E-state index in [0.29, 0.717) is 10.2 Å². The molecule has 0 heterocycles. The zero-order valence-electron chi connectivity index (χ0n) is 10.6. The van der Waals surface area contributed by atoms with Crippen LogP contribution in [0.5, 0.6) is 5.75 Å². The topological polar surface area (TPSA) is 26.3 Å². The molecule has 0 fully saturated rings. The molecule has 0 radical (unpaired) electrons. The Morgan fingerprint density at radius 1 is 1.25 bits per heavy atom. The third kappa shape index (κ3) is 3.19. The molecular formula is C15H11BrClFO2. The summed E-state index contributed by atoms with van der Waals surface area (Å²) in [5, 5.41) is -0.0782. The maximum absolute atomic E-state index is 13.9. The smallest absolute Gasteiger partial charge is 0.170 e. The molecule has 0 saturated carbocycles. The fourth-order valence-electron chi connectivity index (χ4n) is 1.77. The molecular weight excluding hydrogens is 347 g/mol. The van der Waals surface area contributed by atoms with Crippen molar-refractivity contribution in [2.45, 2.75) is 6.42 Å². The van der Waals surface area contributed by atoms with Crippen molar-refractivity contribution in [2.75, 3.05) is 7.11 Å². The van der Waals surface area contributed by atoms with Gasteiger partial charge >= 0.3 is 0 Å². The van der Waals surface area contributed by atoms with Crippen LogP contribution >= 0.6 is 27.5 Å². The van der Waals surface area contributed by atoms with Gasteiger partial charge in [0.2, 0.25) is 0 Å². The molecule has 5 heteroatoms. The zero-order valence-corrected chi connectivity index (χ0v) is 13.0. The Bertz CT molecular complexity index is 641. The predicted molar refractivity (Wildman–Crippen MR) is 80.1 cm³/mol. The summed E-state index contributed by atoms with van der Waals surface area (Å²) < 4.78 is 19.4. The number of carbonyl (C=O) groups excluding carboxylic acids is 1. The minimum Gasteiger partial charge on any atom is -0.497 e. The number of Topliss-reactive ketones (excluding diaryl/α,β-unsaturated/α-hetero) is 1. The minimum absolute atomic E-state index is 0.00554. The van der Waals surface area contributed by atoms with Crippen molar-refractivity contribution in [2.24, 2.45) is 0 Å². The summed E-state index contributed by atoms with van der Waals surface area (Å²) in [6.45, 7) is 0. The van der Waals surface area contributed by atoms with Gasteiger partial charge in [-0.2, -0.15) is 0 Å². The number of benzene rings is 2. The Morgan fingerprint density at radius 2 is 1.90 bits per heavy atom. The number of halogens is 3. The normalized spacial score (nSPS) is 10.4.